The smallest absolute Gasteiger partial charge is 0.273 e. The number of hydrogen-bond donors (Lipinski definition) is 2. The maximum Gasteiger partial charge on any atom is 0.273 e. The minimum atomic E-state index is -0.822. The molecule has 0 spiro atoms. The average molecular weight is 394 g/mol. The zero-order valence-electron chi connectivity index (χ0n) is 16.9. The fraction of sp³-hybridized carbons (Fsp3) is 0.318. The third kappa shape index (κ3) is 5.00. The van der Waals surface area contributed by atoms with Crippen LogP contribution in [0.15, 0.2) is 48.5 Å². The Morgan fingerprint density at radius 3 is 2.41 bits per heavy atom. The largest absolute Gasteiger partial charge is 0.497 e. The molecule has 3 aromatic rings. The average Bonchev–Trinajstić information content (AvgIpc) is 3.12. The van der Waals surface area contributed by atoms with Gasteiger partial charge in [0.25, 0.3) is 5.91 Å². The van der Waals surface area contributed by atoms with Gasteiger partial charge in [0.15, 0.2) is 5.69 Å². The third-order valence-electron chi connectivity index (χ3n) is 4.92. The lowest BCUT2D eigenvalue weighted by Gasteiger charge is -2.12. The molecule has 1 atom stereocenters. The van der Waals surface area contributed by atoms with Crippen molar-refractivity contribution in [3.63, 3.8) is 0 Å². The number of aryl methyl sites for hydroxylation is 1. The van der Waals surface area contributed by atoms with Crippen molar-refractivity contribution in [2.24, 2.45) is 0 Å². The van der Waals surface area contributed by atoms with Gasteiger partial charge in [-0.1, -0.05) is 48.5 Å². The van der Waals surface area contributed by atoms with E-state index in [9.17, 15) is 9.90 Å². The molecule has 0 bridgehead atoms. The van der Waals surface area contributed by atoms with E-state index in [1.165, 1.54) is 5.56 Å². The summed E-state index contributed by atoms with van der Waals surface area (Å²) in [5, 5.41) is 21.1. The fourth-order valence-electron chi connectivity index (χ4n) is 2.99. The number of nitrogens with zero attached hydrogens (tertiary/aromatic N) is 3. The number of benzene rings is 2. The summed E-state index contributed by atoms with van der Waals surface area (Å²) >= 11 is 0. The lowest BCUT2D eigenvalue weighted by atomic mass is 10.1. The van der Waals surface area contributed by atoms with Gasteiger partial charge in [-0.3, -0.25) is 4.79 Å². The molecule has 2 N–H and O–H groups in total. The first-order valence-corrected chi connectivity index (χ1v) is 9.60. The minimum absolute atomic E-state index is 0.0793. The van der Waals surface area contributed by atoms with Gasteiger partial charge in [-0.15, -0.1) is 5.10 Å². The molecule has 0 radical (unpaired) electrons. The Bertz CT molecular complexity index is 949. The Labute approximate surface area is 170 Å². The minimum Gasteiger partial charge on any atom is -0.497 e. The van der Waals surface area contributed by atoms with E-state index in [4.69, 9.17) is 4.74 Å². The second-order valence-electron chi connectivity index (χ2n) is 6.85. The van der Waals surface area contributed by atoms with E-state index in [0.29, 0.717) is 23.6 Å². The molecule has 0 aliphatic heterocycles. The molecule has 0 saturated heterocycles. The van der Waals surface area contributed by atoms with E-state index in [2.05, 4.69) is 46.8 Å². The van der Waals surface area contributed by atoms with Crippen LogP contribution in [0.25, 0.3) is 0 Å². The van der Waals surface area contributed by atoms with Crippen molar-refractivity contribution >= 4 is 5.91 Å². The van der Waals surface area contributed by atoms with Crippen LogP contribution in [0.5, 0.6) is 5.75 Å². The molecule has 1 heterocycles. The van der Waals surface area contributed by atoms with Crippen molar-refractivity contribution in [3.8, 4) is 5.75 Å². The van der Waals surface area contributed by atoms with Crippen LogP contribution >= 0.6 is 0 Å². The maximum atomic E-state index is 12.5. The van der Waals surface area contributed by atoms with Crippen molar-refractivity contribution in [1.29, 1.82) is 0 Å². The summed E-state index contributed by atoms with van der Waals surface area (Å²) in [5.41, 5.74) is 4.01. The zero-order valence-corrected chi connectivity index (χ0v) is 16.9. The van der Waals surface area contributed by atoms with Crippen LogP contribution in [0.1, 0.15) is 45.9 Å². The molecule has 0 unspecified atom stereocenters. The predicted molar refractivity (Wildman–Crippen MR) is 110 cm³/mol. The number of methoxy groups -OCH3 is 1. The molecule has 7 nitrogen and oxygen atoms in total. The summed E-state index contributed by atoms with van der Waals surface area (Å²) in [6, 6.07) is 15.4. The first-order valence-electron chi connectivity index (χ1n) is 9.60. The van der Waals surface area contributed by atoms with Crippen molar-refractivity contribution in [1.82, 2.24) is 20.3 Å². The van der Waals surface area contributed by atoms with E-state index in [0.717, 1.165) is 12.0 Å². The van der Waals surface area contributed by atoms with Crippen molar-refractivity contribution < 1.29 is 14.6 Å². The standard InChI is InChI=1S/C22H26N4O3/c1-4-16-5-7-17(8-6-16)14-26-15(2)21(24-25-26)22(28)23-13-20(27)18-9-11-19(29-3)12-10-18/h5-12,20,27H,4,13-14H2,1-3H3,(H,23,28)/t20-/m0/s1. The molecule has 1 amide bonds. The zero-order chi connectivity index (χ0) is 20.8. The number of aliphatic hydroxyl groups excluding tert-OH is 1. The maximum absolute atomic E-state index is 12.5. The number of ether oxygens (including phenoxy) is 1. The molecule has 1 aromatic heterocycles. The summed E-state index contributed by atoms with van der Waals surface area (Å²) in [6.07, 6.45) is 0.173. The van der Waals surface area contributed by atoms with Crippen molar-refractivity contribution in [3.05, 3.63) is 76.6 Å². The Balaban J connectivity index is 1.60. The molecular weight excluding hydrogens is 368 g/mol. The summed E-state index contributed by atoms with van der Waals surface area (Å²) in [5.74, 6) is 0.351. The lowest BCUT2D eigenvalue weighted by molar-refractivity contribution is 0.0910. The lowest BCUT2D eigenvalue weighted by Crippen LogP contribution is -2.29. The second kappa shape index (κ2) is 9.34. The van der Waals surface area contributed by atoms with Gasteiger partial charge in [0.1, 0.15) is 5.75 Å². The highest BCUT2D eigenvalue weighted by molar-refractivity contribution is 5.93. The van der Waals surface area contributed by atoms with E-state index in [1.54, 1.807) is 36.1 Å². The molecule has 0 aliphatic carbocycles. The van der Waals surface area contributed by atoms with Crippen LogP contribution in [-0.2, 0) is 13.0 Å². The second-order valence-corrected chi connectivity index (χ2v) is 6.85. The molecule has 0 aliphatic rings. The molecule has 0 saturated carbocycles. The number of nitrogens with one attached hydrogen (secondary N) is 1. The molecule has 29 heavy (non-hydrogen) atoms. The molecule has 0 fully saturated rings. The molecule has 152 valence electrons. The number of amides is 1. The number of carbonyl (C=O) groups is 1. The Morgan fingerprint density at radius 2 is 1.79 bits per heavy atom. The van der Waals surface area contributed by atoms with Crippen LogP contribution in [0, 0.1) is 6.92 Å². The first kappa shape index (κ1) is 20.5. The molecular formula is C22H26N4O3. The van der Waals surface area contributed by atoms with E-state index in [-0.39, 0.29) is 18.1 Å². The normalized spacial score (nSPS) is 11.9. The Kier molecular flexibility index (Phi) is 6.61. The highest BCUT2D eigenvalue weighted by Gasteiger charge is 2.18. The van der Waals surface area contributed by atoms with E-state index >= 15 is 0 Å². The first-order chi connectivity index (χ1) is 14.0. The molecule has 7 heteroatoms. The number of rotatable bonds is 8. The predicted octanol–water partition coefficient (Wildman–Crippen LogP) is 2.67. The number of aliphatic hydroxyl groups is 1. The van der Waals surface area contributed by atoms with Gasteiger partial charge in [0.2, 0.25) is 0 Å². The summed E-state index contributed by atoms with van der Waals surface area (Å²) in [7, 11) is 1.58. The van der Waals surface area contributed by atoms with Gasteiger partial charge >= 0.3 is 0 Å². The van der Waals surface area contributed by atoms with E-state index in [1.807, 2.05) is 6.92 Å². The highest BCUT2D eigenvalue weighted by atomic mass is 16.5. The van der Waals surface area contributed by atoms with Crippen LogP contribution < -0.4 is 10.1 Å². The highest BCUT2D eigenvalue weighted by Crippen LogP contribution is 2.17. The molecule has 2 aromatic carbocycles. The van der Waals surface area contributed by atoms with Crippen LogP contribution in [0.4, 0.5) is 0 Å². The van der Waals surface area contributed by atoms with Crippen molar-refractivity contribution in [2.75, 3.05) is 13.7 Å². The summed E-state index contributed by atoms with van der Waals surface area (Å²) in [6.45, 7) is 4.56. The Morgan fingerprint density at radius 1 is 1.14 bits per heavy atom. The Hall–Kier alpha value is -3.19. The van der Waals surface area contributed by atoms with E-state index < -0.39 is 6.10 Å². The van der Waals surface area contributed by atoms with Gasteiger partial charge in [-0.2, -0.15) is 0 Å². The quantitative estimate of drug-likeness (QED) is 0.613. The molecule has 3 rings (SSSR count). The monoisotopic (exact) mass is 394 g/mol. The van der Waals surface area contributed by atoms with Gasteiger partial charge < -0.3 is 15.2 Å². The number of aromatic nitrogens is 3. The summed E-state index contributed by atoms with van der Waals surface area (Å²) < 4.78 is 6.81. The SMILES string of the molecule is CCc1ccc(Cn2nnc(C(=O)NC[C@H](O)c3ccc(OC)cc3)c2C)cc1. The third-order valence-corrected chi connectivity index (χ3v) is 4.92. The van der Waals surface area contributed by atoms with Crippen LogP contribution in [0.2, 0.25) is 0 Å². The van der Waals surface area contributed by atoms with Gasteiger partial charge in [0.05, 0.1) is 25.5 Å². The summed E-state index contributed by atoms with van der Waals surface area (Å²) in [4.78, 5) is 12.5. The van der Waals surface area contributed by atoms with Crippen LogP contribution in [-0.4, -0.2) is 39.7 Å². The fourth-order valence-corrected chi connectivity index (χ4v) is 2.99. The topological polar surface area (TPSA) is 89.3 Å². The number of hydrogen-bond acceptors (Lipinski definition) is 5. The van der Waals surface area contributed by atoms with Gasteiger partial charge in [-0.05, 0) is 42.2 Å². The van der Waals surface area contributed by atoms with Crippen LogP contribution in [0.3, 0.4) is 0 Å². The number of carbonyl (C=O) groups excluding carboxylic acids is 1. The van der Waals surface area contributed by atoms with Gasteiger partial charge in [-0.25, -0.2) is 4.68 Å². The van der Waals surface area contributed by atoms with Gasteiger partial charge in [0, 0.05) is 6.54 Å². The van der Waals surface area contributed by atoms with Crippen molar-refractivity contribution in [2.45, 2.75) is 32.9 Å².